The van der Waals surface area contributed by atoms with Crippen molar-refractivity contribution < 1.29 is 27.5 Å². The van der Waals surface area contributed by atoms with Gasteiger partial charge in [-0.2, -0.15) is 0 Å². The van der Waals surface area contributed by atoms with E-state index in [9.17, 15) is 18.0 Å². The van der Waals surface area contributed by atoms with Crippen molar-refractivity contribution in [3.63, 3.8) is 0 Å². The molecule has 160 valence electrons. The molecule has 0 radical (unpaired) electrons. The summed E-state index contributed by atoms with van der Waals surface area (Å²) in [6.45, 7) is 8.37. The van der Waals surface area contributed by atoms with Crippen molar-refractivity contribution in [1.82, 2.24) is 4.72 Å². The van der Waals surface area contributed by atoms with Crippen LogP contribution in [0.2, 0.25) is 0 Å². The van der Waals surface area contributed by atoms with Crippen LogP contribution in [0.15, 0.2) is 30.0 Å². The molecule has 0 aromatic heterocycles. The summed E-state index contributed by atoms with van der Waals surface area (Å²) in [5, 5.41) is 2.94. The number of likely N-dealkylation sites (N-methyl/N-ethyl adjacent to an activating group) is 1. The van der Waals surface area contributed by atoms with E-state index in [0.717, 1.165) is 17.5 Å². The van der Waals surface area contributed by atoms with Crippen molar-refractivity contribution in [2.45, 2.75) is 33.5 Å². The predicted molar refractivity (Wildman–Crippen MR) is 110 cm³/mol. The van der Waals surface area contributed by atoms with Crippen LogP contribution in [-0.4, -0.2) is 52.0 Å². The monoisotopic (exact) mass is 425 g/mol. The van der Waals surface area contributed by atoms with E-state index < -0.39 is 27.7 Å². The molecule has 29 heavy (non-hydrogen) atoms. The minimum Gasteiger partial charge on any atom is -0.419 e. The van der Waals surface area contributed by atoms with Gasteiger partial charge in [0.15, 0.2) is 5.57 Å². The number of sulfonamides is 1. The Morgan fingerprint density at radius 3 is 2.31 bits per heavy atom. The van der Waals surface area contributed by atoms with Crippen LogP contribution in [0, 0.1) is 6.92 Å². The number of esters is 2. The van der Waals surface area contributed by atoms with Crippen LogP contribution in [0.4, 0.5) is 11.4 Å². The number of nitrogens with one attached hydrogen (secondary N) is 2. The molecule has 0 bridgehead atoms. The highest BCUT2D eigenvalue weighted by Crippen LogP contribution is 2.25. The first-order valence-corrected chi connectivity index (χ1v) is 11.0. The number of carbonyl (C=O) groups is 2. The Labute approximate surface area is 171 Å². The minimum atomic E-state index is -3.23. The van der Waals surface area contributed by atoms with Crippen LogP contribution < -0.4 is 14.9 Å². The van der Waals surface area contributed by atoms with E-state index in [1.54, 1.807) is 0 Å². The lowest BCUT2D eigenvalue weighted by molar-refractivity contribution is -0.222. The summed E-state index contributed by atoms with van der Waals surface area (Å²) in [5.74, 6) is -2.77. The van der Waals surface area contributed by atoms with E-state index >= 15 is 0 Å². The standard InChI is InChI=1S/C19H27N3O6S/c1-6-22(10-9-21-29(5,25)26)14-7-8-16(13(2)11-14)20-12-15-17(23)27-19(3,4)28-18(15)24/h7-8,11-12,20-21H,6,9-10H2,1-5H3. The molecule has 1 aliphatic rings. The second-order valence-electron chi connectivity index (χ2n) is 7.13. The number of hydrogen-bond donors (Lipinski definition) is 2. The molecule has 9 nitrogen and oxygen atoms in total. The number of nitrogens with zero attached hydrogens (tertiary/aromatic N) is 1. The molecule has 2 rings (SSSR count). The van der Waals surface area contributed by atoms with Crippen LogP contribution in [0.1, 0.15) is 26.3 Å². The number of benzene rings is 1. The van der Waals surface area contributed by atoms with Crippen LogP contribution in [0.5, 0.6) is 0 Å². The van der Waals surface area contributed by atoms with Crippen molar-refractivity contribution in [3.05, 3.63) is 35.5 Å². The number of cyclic esters (lactones) is 2. The molecule has 0 saturated carbocycles. The SMILES string of the molecule is CCN(CCNS(C)(=O)=O)c1ccc(NC=C2C(=O)OC(C)(C)OC2=O)c(C)c1. The van der Waals surface area contributed by atoms with Gasteiger partial charge in [-0.05, 0) is 37.6 Å². The molecule has 0 unspecified atom stereocenters. The molecule has 1 aromatic carbocycles. The zero-order valence-electron chi connectivity index (χ0n) is 17.2. The van der Waals surface area contributed by atoms with E-state index in [0.29, 0.717) is 25.3 Å². The van der Waals surface area contributed by atoms with Gasteiger partial charge in [0.2, 0.25) is 10.0 Å². The van der Waals surface area contributed by atoms with Gasteiger partial charge in [-0.3, -0.25) is 0 Å². The van der Waals surface area contributed by atoms with E-state index in [2.05, 4.69) is 10.0 Å². The number of rotatable bonds is 8. The van der Waals surface area contributed by atoms with E-state index in [1.807, 2.05) is 36.9 Å². The van der Waals surface area contributed by atoms with Crippen molar-refractivity contribution >= 4 is 33.3 Å². The Kier molecular flexibility index (Phi) is 6.91. The molecule has 1 aromatic rings. The molecule has 1 saturated heterocycles. The van der Waals surface area contributed by atoms with Crippen LogP contribution in [0.3, 0.4) is 0 Å². The zero-order valence-corrected chi connectivity index (χ0v) is 18.1. The smallest absolute Gasteiger partial charge is 0.350 e. The first kappa shape index (κ1) is 22.7. The fourth-order valence-electron chi connectivity index (χ4n) is 2.77. The van der Waals surface area contributed by atoms with Gasteiger partial charge in [-0.15, -0.1) is 0 Å². The van der Waals surface area contributed by atoms with Gasteiger partial charge < -0.3 is 19.7 Å². The molecule has 0 amide bonds. The average molecular weight is 426 g/mol. The predicted octanol–water partition coefficient (Wildman–Crippen LogP) is 1.50. The Bertz CT molecular complexity index is 902. The summed E-state index contributed by atoms with van der Waals surface area (Å²) in [7, 11) is -3.23. The lowest BCUT2D eigenvalue weighted by Gasteiger charge is -2.29. The molecular weight excluding hydrogens is 398 g/mol. The molecule has 1 fully saturated rings. The second-order valence-corrected chi connectivity index (χ2v) is 8.96. The highest BCUT2D eigenvalue weighted by molar-refractivity contribution is 7.88. The van der Waals surface area contributed by atoms with Gasteiger partial charge in [0.05, 0.1) is 6.26 Å². The number of aryl methyl sites for hydroxylation is 1. The van der Waals surface area contributed by atoms with E-state index in [-0.39, 0.29) is 5.57 Å². The maximum Gasteiger partial charge on any atom is 0.350 e. The number of hydrogen-bond acceptors (Lipinski definition) is 8. The van der Waals surface area contributed by atoms with Crippen molar-refractivity contribution in [2.75, 3.05) is 36.1 Å². The van der Waals surface area contributed by atoms with Gasteiger partial charge in [-0.1, -0.05) is 0 Å². The summed E-state index contributed by atoms with van der Waals surface area (Å²) < 4.78 is 35.0. The average Bonchev–Trinajstić information content (AvgIpc) is 2.57. The lowest BCUT2D eigenvalue weighted by atomic mass is 10.1. The fraction of sp³-hybridized carbons (Fsp3) is 0.474. The lowest BCUT2D eigenvalue weighted by Crippen LogP contribution is -2.42. The summed E-state index contributed by atoms with van der Waals surface area (Å²) in [4.78, 5) is 26.0. The number of ether oxygens (including phenoxy) is 2. The van der Waals surface area contributed by atoms with Gasteiger partial charge in [0, 0.05) is 51.1 Å². The number of anilines is 2. The Balaban J connectivity index is 2.09. The van der Waals surface area contributed by atoms with Gasteiger partial charge in [0.25, 0.3) is 5.79 Å². The van der Waals surface area contributed by atoms with Crippen molar-refractivity contribution in [2.24, 2.45) is 0 Å². The number of carbonyl (C=O) groups excluding carboxylic acids is 2. The highest BCUT2D eigenvalue weighted by atomic mass is 32.2. The molecule has 0 aliphatic carbocycles. The second kappa shape index (κ2) is 8.83. The quantitative estimate of drug-likeness (QED) is 0.366. The first-order chi connectivity index (χ1) is 13.4. The molecule has 10 heteroatoms. The van der Waals surface area contributed by atoms with Crippen molar-refractivity contribution in [3.8, 4) is 0 Å². The van der Waals surface area contributed by atoms with Gasteiger partial charge in [-0.25, -0.2) is 22.7 Å². The van der Waals surface area contributed by atoms with Crippen LogP contribution >= 0.6 is 0 Å². The Hall–Kier alpha value is -2.59. The normalized spacial score (nSPS) is 16.1. The van der Waals surface area contributed by atoms with Crippen LogP contribution in [-0.2, 0) is 29.1 Å². The topological polar surface area (TPSA) is 114 Å². The maximum absolute atomic E-state index is 12.0. The third-order valence-corrected chi connectivity index (χ3v) is 4.92. The van der Waals surface area contributed by atoms with E-state index in [4.69, 9.17) is 9.47 Å². The third kappa shape index (κ3) is 6.47. The maximum atomic E-state index is 12.0. The van der Waals surface area contributed by atoms with Crippen LogP contribution in [0.25, 0.3) is 0 Å². The molecule has 0 atom stereocenters. The summed E-state index contributed by atoms with van der Waals surface area (Å²) in [6, 6.07) is 5.63. The summed E-state index contributed by atoms with van der Waals surface area (Å²) in [5.41, 5.74) is 2.30. The molecule has 1 aliphatic heterocycles. The fourth-order valence-corrected chi connectivity index (χ4v) is 3.23. The molecule has 0 spiro atoms. The Morgan fingerprint density at radius 1 is 1.17 bits per heavy atom. The van der Waals surface area contributed by atoms with Gasteiger partial charge >= 0.3 is 11.9 Å². The zero-order chi connectivity index (χ0) is 21.8. The summed E-state index contributed by atoms with van der Waals surface area (Å²) >= 11 is 0. The minimum absolute atomic E-state index is 0.213. The highest BCUT2D eigenvalue weighted by Gasteiger charge is 2.38. The molecular formula is C19H27N3O6S. The molecule has 1 heterocycles. The summed E-state index contributed by atoms with van der Waals surface area (Å²) in [6.07, 6.45) is 2.40. The third-order valence-electron chi connectivity index (χ3n) is 4.19. The Morgan fingerprint density at radius 2 is 1.79 bits per heavy atom. The van der Waals surface area contributed by atoms with Crippen molar-refractivity contribution in [1.29, 1.82) is 0 Å². The van der Waals surface area contributed by atoms with E-state index in [1.165, 1.54) is 20.0 Å². The molecule has 2 N–H and O–H groups in total. The first-order valence-electron chi connectivity index (χ1n) is 9.15. The largest absolute Gasteiger partial charge is 0.419 e. The van der Waals surface area contributed by atoms with Gasteiger partial charge in [0.1, 0.15) is 0 Å².